The van der Waals surface area contributed by atoms with Crippen LogP contribution >= 0.6 is 0 Å². The van der Waals surface area contributed by atoms with Crippen molar-refractivity contribution in [2.45, 2.75) is 0 Å². The fraction of sp³-hybridized carbons (Fsp3) is 0.417. The number of hydrogen-bond acceptors (Lipinski definition) is 5. The van der Waals surface area contributed by atoms with Gasteiger partial charge in [0.25, 0.3) is 0 Å². The zero-order valence-electron chi connectivity index (χ0n) is 9.73. The zero-order valence-corrected chi connectivity index (χ0v) is 9.73. The summed E-state index contributed by atoms with van der Waals surface area (Å²) in [4.78, 5) is 11.4. The Labute approximate surface area is 99.9 Å². The summed E-state index contributed by atoms with van der Waals surface area (Å²) in [5, 5.41) is 3.22. The van der Waals surface area contributed by atoms with E-state index in [9.17, 15) is 4.79 Å². The number of rotatable bonds is 4. The van der Waals surface area contributed by atoms with Crippen molar-refractivity contribution in [1.29, 1.82) is 0 Å². The molecule has 1 saturated heterocycles. The maximum atomic E-state index is 11.4. The SMILES string of the molecule is COC(=O)c1ccc(N)c(NCC2COC2)c1. The Balaban J connectivity index is 2.05. The van der Waals surface area contributed by atoms with E-state index in [1.54, 1.807) is 18.2 Å². The molecule has 92 valence electrons. The maximum Gasteiger partial charge on any atom is 0.337 e. The van der Waals surface area contributed by atoms with Crippen LogP contribution in [0, 0.1) is 5.92 Å². The number of esters is 1. The third kappa shape index (κ3) is 2.68. The molecule has 1 fully saturated rings. The van der Waals surface area contributed by atoms with Crippen molar-refractivity contribution < 1.29 is 14.3 Å². The van der Waals surface area contributed by atoms with Crippen LogP contribution in [0.1, 0.15) is 10.4 Å². The van der Waals surface area contributed by atoms with E-state index < -0.39 is 0 Å². The zero-order chi connectivity index (χ0) is 12.3. The molecule has 0 unspecified atom stereocenters. The van der Waals surface area contributed by atoms with E-state index in [0.29, 0.717) is 17.2 Å². The molecule has 1 aliphatic rings. The van der Waals surface area contributed by atoms with Crippen LogP contribution in [0.3, 0.4) is 0 Å². The molecule has 3 N–H and O–H groups in total. The van der Waals surface area contributed by atoms with Gasteiger partial charge in [0.2, 0.25) is 0 Å². The highest BCUT2D eigenvalue weighted by Crippen LogP contribution is 2.21. The Bertz CT molecular complexity index is 416. The van der Waals surface area contributed by atoms with Gasteiger partial charge in [-0.3, -0.25) is 0 Å². The van der Waals surface area contributed by atoms with E-state index in [-0.39, 0.29) is 5.97 Å². The number of ether oxygens (including phenoxy) is 2. The first-order chi connectivity index (χ1) is 8.20. The van der Waals surface area contributed by atoms with Crippen molar-refractivity contribution in [3.05, 3.63) is 23.8 Å². The fourth-order valence-corrected chi connectivity index (χ4v) is 1.61. The predicted molar refractivity (Wildman–Crippen MR) is 65.0 cm³/mol. The number of benzene rings is 1. The molecule has 0 bridgehead atoms. The van der Waals surface area contributed by atoms with Crippen molar-refractivity contribution >= 4 is 17.3 Å². The second-order valence-electron chi connectivity index (χ2n) is 4.08. The van der Waals surface area contributed by atoms with Gasteiger partial charge in [-0.1, -0.05) is 0 Å². The van der Waals surface area contributed by atoms with Gasteiger partial charge in [0.15, 0.2) is 0 Å². The van der Waals surface area contributed by atoms with E-state index in [2.05, 4.69) is 10.1 Å². The Hall–Kier alpha value is -1.75. The smallest absolute Gasteiger partial charge is 0.337 e. The lowest BCUT2D eigenvalue weighted by molar-refractivity contribution is -0.0248. The number of anilines is 2. The first-order valence-electron chi connectivity index (χ1n) is 5.50. The van der Waals surface area contributed by atoms with Crippen LogP contribution in [0.15, 0.2) is 18.2 Å². The largest absolute Gasteiger partial charge is 0.465 e. The molecule has 1 aromatic rings. The van der Waals surface area contributed by atoms with Gasteiger partial charge in [0.1, 0.15) is 0 Å². The van der Waals surface area contributed by atoms with Gasteiger partial charge in [-0.15, -0.1) is 0 Å². The van der Waals surface area contributed by atoms with Crippen LogP contribution in [0.25, 0.3) is 0 Å². The Morgan fingerprint density at radius 1 is 1.59 bits per heavy atom. The molecular formula is C12H16N2O3. The van der Waals surface area contributed by atoms with Gasteiger partial charge in [-0.05, 0) is 18.2 Å². The molecule has 1 heterocycles. The summed E-state index contributed by atoms with van der Waals surface area (Å²) < 4.78 is 9.75. The van der Waals surface area contributed by atoms with Crippen LogP contribution in [0.2, 0.25) is 0 Å². The van der Waals surface area contributed by atoms with E-state index in [0.717, 1.165) is 25.4 Å². The average molecular weight is 236 g/mol. The van der Waals surface area contributed by atoms with Crippen molar-refractivity contribution in [1.82, 2.24) is 0 Å². The second kappa shape index (κ2) is 5.05. The highest BCUT2D eigenvalue weighted by atomic mass is 16.5. The fourth-order valence-electron chi connectivity index (χ4n) is 1.61. The Morgan fingerprint density at radius 2 is 2.35 bits per heavy atom. The number of methoxy groups -OCH3 is 1. The summed E-state index contributed by atoms with van der Waals surface area (Å²) in [6.45, 7) is 2.36. The molecule has 0 amide bonds. The molecule has 0 aromatic heterocycles. The van der Waals surface area contributed by atoms with E-state index in [1.807, 2.05) is 0 Å². The molecule has 0 aliphatic carbocycles. The lowest BCUT2D eigenvalue weighted by Gasteiger charge is -2.26. The molecule has 5 nitrogen and oxygen atoms in total. The predicted octanol–water partition coefficient (Wildman–Crippen LogP) is 1.11. The van der Waals surface area contributed by atoms with Crippen LogP contribution in [0.5, 0.6) is 0 Å². The summed E-state index contributed by atoms with van der Waals surface area (Å²) in [6.07, 6.45) is 0. The number of carbonyl (C=O) groups is 1. The molecule has 0 atom stereocenters. The molecule has 0 saturated carbocycles. The molecule has 17 heavy (non-hydrogen) atoms. The summed E-state index contributed by atoms with van der Waals surface area (Å²) in [5.74, 6) is 0.163. The minimum Gasteiger partial charge on any atom is -0.465 e. The highest BCUT2D eigenvalue weighted by molar-refractivity contribution is 5.91. The van der Waals surface area contributed by atoms with Crippen LogP contribution in [-0.4, -0.2) is 32.8 Å². The quantitative estimate of drug-likeness (QED) is 0.605. The van der Waals surface area contributed by atoms with Crippen LogP contribution < -0.4 is 11.1 Å². The second-order valence-corrected chi connectivity index (χ2v) is 4.08. The topological polar surface area (TPSA) is 73.6 Å². The maximum absolute atomic E-state index is 11.4. The summed E-state index contributed by atoms with van der Waals surface area (Å²) >= 11 is 0. The van der Waals surface area contributed by atoms with Gasteiger partial charge in [0.05, 0.1) is 37.3 Å². The van der Waals surface area contributed by atoms with Crippen molar-refractivity contribution in [3.63, 3.8) is 0 Å². The standard InChI is InChI=1S/C12H16N2O3/c1-16-12(15)9-2-3-10(13)11(4-9)14-5-8-6-17-7-8/h2-4,8,14H,5-7,13H2,1H3. The minimum absolute atomic E-state index is 0.361. The average Bonchev–Trinajstić information content (AvgIpc) is 2.28. The van der Waals surface area contributed by atoms with Crippen LogP contribution in [0.4, 0.5) is 11.4 Å². The Kier molecular flexibility index (Phi) is 3.49. The third-order valence-corrected chi connectivity index (χ3v) is 2.76. The van der Waals surface area contributed by atoms with E-state index in [4.69, 9.17) is 10.5 Å². The molecule has 1 aromatic carbocycles. The molecular weight excluding hydrogens is 220 g/mol. The lowest BCUT2D eigenvalue weighted by atomic mass is 10.1. The Morgan fingerprint density at radius 3 is 2.94 bits per heavy atom. The molecule has 5 heteroatoms. The summed E-state index contributed by atoms with van der Waals surface area (Å²) in [7, 11) is 1.36. The number of nitrogen functional groups attached to an aromatic ring is 1. The van der Waals surface area contributed by atoms with Gasteiger partial charge in [0, 0.05) is 12.5 Å². The van der Waals surface area contributed by atoms with Crippen molar-refractivity contribution in [2.75, 3.05) is 37.9 Å². The van der Waals surface area contributed by atoms with Gasteiger partial charge >= 0.3 is 5.97 Å². The minimum atomic E-state index is -0.361. The van der Waals surface area contributed by atoms with Gasteiger partial charge in [-0.2, -0.15) is 0 Å². The highest BCUT2D eigenvalue weighted by Gasteiger charge is 2.18. The lowest BCUT2D eigenvalue weighted by Crippen LogP contribution is -2.33. The monoisotopic (exact) mass is 236 g/mol. The summed E-state index contributed by atoms with van der Waals surface area (Å²) in [6, 6.07) is 5.06. The molecule has 2 rings (SSSR count). The normalized spacial score (nSPS) is 15.1. The first-order valence-corrected chi connectivity index (χ1v) is 5.50. The number of nitrogens with one attached hydrogen (secondary N) is 1. The number of nitrogens with two attached hydrogens (primary N) is 1. The van der Waals surface area contributed by atoms with Crippen molar-refractivity contribution in [3.8, 4) is 0 Å². The van der Waals surface area contributed by atoms with E-state index >= 15 is 0 Å². The van der Waals surface area contributed by atoms with Crippen molar-refractivity contribution in [2.24, 2.45) is 5.92 Å². The molecule has 1 aliphatic heterocycles. The number of hydrogen-bond donors (Lipinski definition) is 2. The van der Waals surface area contributed by atoms with Gasteiger partial charge in [-0.25, -0.2) is 4.79 Å². The number of carbonyl (C=O) groups excluding carboxylic acids is 1. The molecule has 0 radical (unpaired) electrons. The van der Waals surface area contributed by atoms with Gasteiger partial charge < -0.3 is 20.5 Å². The molecule has 0 spiro atoms. The summed E-state index contributed by atoms with van der Waals surface area (Å²) in [5.41, 5.74) is 7.71. The van der Waals surface area contributed by atoms with E-state index in [1.165, 1.54) is 7.11 Å². The van der Waals surface area contributed by atoms with Crippen LogP contribution in [-0.2, 0) is 9.47 Å². The third-order valence-electron chi connectivity index (χ3n) is 2.76. The first kappa shape index (κ1) is 11.7.